The molecular weight excluding hydrogens is 266 g/mol. The van der Waals surface area contributed by atoms with Gasteiger partial charge in [0.25, 0.3) is 5.91 Å². The zero-order chi connectivity index (χ0) is 15.1. The van der Waals surface area contributed by atoms with Crippen LogP contribution in [0.1, 0.15) is 21.5 Å². The molecule has 0 spiro atoms. The van der Waals surface area contributed by atoms with Crippen molar-refractivity contribution >= 4 is 5.91 Å². The summed E-state index contributed by atoms with van der Waals surface area (Å²) in [7, 11) is 1.72. The molecule has 2 aromatic rings. The summed E-state index contributed by atoms with van der Waals surface area (Å²) in [5.74, 6) is 5.31. The number of rotatable bonds is 3. The first-order valence-corrected chi connectivity index (χ1v) is 6.40. The van der Waals surface area contributed by atoms with Gasteiger partial charge in [0.1, 0.15) is 12.9 Å². The predicted molar refractivity (Wildman–Crippen MR) is 78.2 cm³/mol. The highest BCUT2D eigenvalue weighted by molar-refractivity contribution is 5.93. The summed E-state index contributed by atoms with van der Waals surface area (Å²) in [5, 5.41) is 8.70. The Hall–Kier alpha value is -2.71. The lowest BCUT2D eigenvalue weighted by molar-refractivity contribution is 0.0784. The number of carbonyl (C=O) groups is 1. The molecule has 0 radical (unpaired) electrons. The fraction of sp³-hybridized carbons (Fsp3) is 0.188. The van der Waals surface area contributed by atoms with Gasteiger partial charge in [-0.15, -0.1) is 0 Å². The molecule has 0 aliphatic heterocycles. The number of amides is 1. The Labute approximate surface area is 123 Å². The normalized spacial score (nSPS) is 9.62. The van der Waals surface area contributed by atoms with Gasteiger partial charge < -0.3 is 10.0 Å². The fourth-order valence-corrected chi connectivity index (χ4v) is 1.86. The number of aromatic nitrogens is 2. The Morgan fingerprint density at radius 1 is 1.33 bits per heavy atom. The van der Waals surface area contributed by atoms with Crippen molar-refractivity contribution in [3.63, 3.8) is 0 Å². The lowest BCUT2D eigenvalue weighted by atomic mass is 10.1. The van der Waals surface area contributed by atoms with E-state index in [1.807, 2.05) is 24.3 Å². The maximum atomic E-state index is 12.2. The summed E-state index contributed by atoms with van der Waals surface area (Å²) in [6, 6.07) is 7.56. The molecular formula is C16H15N3O2. The predicted octanol–water partition coefficient (Wildman–Crippen LogP) is 1.09. The quantitative estimate of drug-likeness (QED) is 0.855. The van der Waals surface area contributed by atoms with Crippen LogP contribution in [0.3, 0.4) is 0 Å². The van der Waals surface area contributed by atoms with Crippen LogP contribution in [0, 0.1) is 11.8 Å². The van der Waals surface area contributed by atoms with Crippen LogP contribution >= 0.6 is 0 Å². The lowest BCUT2D eigenvalue weighted by Crippen LogP contribution is -2.26. The molecule has 0 saturated carbocycles. The van der Waals surface area contributed by atoms with Gasteiger partial charge in [0.2, 0.25) is 0 Å². The summed E-state index contributed by atoms with van der Waals surface area (Å²) in [6.45, 7) is 0.291. The molecule has 0 bridgehead atoms. The van der Waals surface area contributed by atoms with Gasteiger partial charge in [-0.05, 0) is 17.7 Å². The Balaban J connectivity index is 2.09. The number of benzene rings is 1. The third kappa shape index (κ3) is 4.13. The maximum absolute atomic E-state index is 12.2. The first-order chi connectivity index (χ1) is 10.2. The second-order valence-corrected chi connectivity index (χ2v) is 4.45. The largest absolute Gasteiger partial charge is 0.384 e. The molecule has 0 atom stereocenters. The van der Waals surface area contributed by atoms with Crippen LogP contribution in [-0.4, -0.2) is 39.5 Å². The highest BCUT2D eigenvalue weighted by Gasteiger charge is 2.12. The van der Waals surface area contributed by atoms with E-state index in [2.05, 4.69) is 21.8 Å². The van der Waals surface area contributed by atoms with Crippen LogP contribution in [0.4, 0.5) is 0 Å². The van der Waals surface area contributed by atoms with Gasteiger partial charge in [-0.1, -0.05) is 24.0 Å². The van der Waals surface area contributed by atoms with Gasteiger partial charge in [0.15, 0.2) is 0 Å². The standard InChI is InChI=1S/C16H15N3O2/c1-19(16(21)15-9-17-12-18-10-15)11-14-5-2-4-13(8-14)6-3-7-20/h2,4-5,8-10,12,20H,7,11H2,1H3. The minimum atomic E-state index is -0.170. The summed E-state index contributed by atoms with van der Waals surface area (Å²) in [4.78, 5) is 21.5. The summed E-state index contributed by atoms with van der Waals surface area (Å²) >= 11 is 0. The van der Waals surface area contributed by atoms with E-state index in [1.54, 1.807) is 11.9 Å². The molecule has 5 nitrogen and oxygen atoms in total. The van der Waals surface area contributed by atoms with E-state index in [1.165, 1.54) is 18.7 Å². The average Bonchev–Trinajstić information content (AvgIpc) is 2.53. The summed E-state index contributed by atoms with van der Waals surface area (Å²) in [6.07, 6.45) is 4.38. The zero-order valence-electron chi connectivity index (χ0n) is 11.7. The molecule has 1 aromatic carbocycles. The van der Waals surface area contributed by atoms with Crippen molar-refractivity contribution < 1.29 is 9.90 Å². The first kappa shape index (κ1) is 14.7. The molecule has 0 fully saturated rings. The lowest BCUT2D eigenvalue weighted by Gasteiger charge is -2.17. The molecule has 0 aliphatic carbocycles. The smallest absolute Gasteiger partial charge is 0.257 e. The highest BCUT2D eigenvalue weighted by Crippen LogP contribution is 2.09. The van der Waals surface area contributed by atoms with E-state index in [0.717, 1.165) is 11.1 Å². The number of hydrogen-bond donors (Lipinski definition) is 1. The van der Waals surface area contributed by atoms with Crippen LogP contribution in [0.5, 0.6) is 0 Å². The van der Waals surface area contributed by atoms with Crippen molar-refractivity contribution in [2.45, 2.75) is 6.54 Å². The highest BCUT2D eigenvalue weighted by atomic mass is 16.2. The number of carbonyl (C=O) groups excluding carboxylic acids is 1. The van der Waals surface area contributed by atoms with Crippen LogP contribution in [-0.2, 0) is 6.54 Å². The third-order valence-corrected chi connectivity index (χ3v) is 2.81. The van der Waals surface area contributed by atoms with E-state index in [0.29, 0.717) is 12.1 Å². The van der Waals surface area contributed by atoms with Crippen LogP contribution in [0.15, 0.2) is 43.0 Å². The van der Waals surface area contributed by atoms with Crippen molar-refractivity contribution in [1.82, 2.24) is 14.9 Å². The summed E-state index contributed by atoms with van der Waals surface area (Å²) in [5.41, 5.74) is 2.23. The molecule has 1 aromatic heterocycles. The molecule has 1 heterocycles. The van der Waals surface area contributed by atoms with Gasteiger partial charge in [0, 0.05) is 31.5 Å². The van der Waals surface area contributed by atoms with Gasteiger partial charge in [-0.2, -0.15) is 0 Å². The number of nitrogens with zero attached hydrogens (tertiary/aromatic N) is 3. The van der Waals surface area contributed by atoms with Crippen molar-refractivity contribution in [3.8, 4) is 11.8 Å². The molecule has 106 valence electrons. The van der Waals surface area contributed by atoms with Crippen molar-refractivity contribution in [2.75, 3.05) is 13.7 Å². The van der Waals surface area contributed by atoms with Gasteiger partial charge in [-0.25, -0.2) is 9.97 Å². The van der Waals surface area contributed by atoms with Crippen LogP contribution < -0.4 is 0 Å². The first-order valence-electron chi connectivity index (χ1n) is 6.40. The maximum Gasteiger partial charge on any atom is 0.257 e. The van der Waals surface area contributed by atoms with Crippen LogP contribution in [0.2, 0.25) is 0 Å². The van der Waals surface area contributed by atoms with Gasteiger partial charge >= 0.3 is 0 Å². The molecule has 1 amide bonds. The van der Waals surface area contributed by atoms with E-state index >= 15 is 0 Å². The molecule has 21 heavy (non-hydrogen) atoms. The second kappa shape index (κ2) is 7.17. The number of hydrogen-bond acceptors (Lipinski definition) is 4. The number of aliphatic hydroxyl groups is 1. The van der Waals surface area contributed by atoms with E-state index < -0.39 is 0 Å². The molecule has 5 heteroatoms. The zero-order valence-corrected chi connectivity index (χ0v) is 11.7. The third-order valence-electron chi connectivity index (χ3n) is 2.81. The van der Waals surface area contributed by atoms with Gasteiger partial charge in [0.05, 0.1) is 5.56 Å². The minimum Gasteiger partial charge on any atom is -0.384 e. The Morgan fingerprint density at radius 3 is 2.81 bits per heavy atom. The molecule has 0 aliphatic rings. The molecule has 2 rings (SSSR count). The molecule has 0 saturated heterocycles. The fourth-order valence-electron chi connectivity index (χ4n) is 1.86. The SMILES string of the molecule is CN(Cc1cccc(C#CCO)c1)C(=O)c1cncnc1. The Bertz CT molecular complexity index is 675. The molecule has 0 unspecified atom stereocenters. The Kier molecular flexibility index (Phi) is 5.02. The van der Waals surface area contributed by atoms with E-state index in [-0.39, 0.29) is 12.5 Å². The van der Waals surface area contributed by atoms with Crippen molar-refractivity contribution in [3.05, 3.63) is 59.7 Å². The second-order valence-electron chi connectivity index (χ2n) is 4.45. The van der Waals surface area contributed by atoms with Crippen LogP contribution in [0.25, 0.3) is 0 Å². The van der Waals surface area contributed by atoms with Crippen molar-refractivity contribution in [2.24, 2.45) is 0 Å². The Morgan fingerprint density at radius 2 is 2.10 bits per heavy atom. The van der Waals surface area contributed by atoms with E-state index in [4.69, 9.17) is 5.11 Å². The summed E-state index contributed by atoms with van der Waals surface area (Å²) < 4.78 is 0. The minimum absolute atomic E-state index is 0.137. The van der Waals surface area contributed by atoms with Gasteiger partial charge in [-0.3, -0.25) is 4.79 Å². The number of aliphatic hydroxyl groups excluding tert-OH is 1. The topological polar surface area (TPSA) is 66.3 Å². The van der Waals surface area contributed by atoms with Crippen molar-refractivity contribution in [1.29, 1.82) is 0 Å². The van der Waals surface area contributed by atoms with E-state index in [9.17, 15) is 4.79 Å². The monoisotopic (exact) mass is 281 g/mol. The molecule has 1 N–H and O–H groups in total. The average molecular weight is 281 g/mol.